The first-order valence-electron chi connectivity index (χ1n) is 11.1. The summed E-state index contributed by atoms with van der Waals surface area (Å²) < 4.78 is 7.48. The summed E-state index contributed by atoms with van der Waals surface area (Å²) in [4.78, 5) is 24.4. The molecule has 164 valence electrons. The Morgan fingerprint density at radius 1 is 1.32 bits per heavy atom. The van der Waals surface area contributed by atoms with Crippen LogP contribution >= 0.6 is 0 Å². The van der Waals surface area contributed by atoms with Crippen LogP contribution in [0.2, 0.25) is 0 Å². The van der Waals surface area contributed by atoms with Gasteiger partial charge in [0.2, 0.25) is 11.9 Å². The quantitative estimate of drug-likeness (QED) is 0.562. The number of nitrogens with one attached hydrogen (secondary N) is 1. The van der Waals surface area contributed by atoms with Gasteiger partial charge in [-0.15, -0.1) is 0 Å². The highest BCUT2D eigenvalue weighted by Gasteiger charge is 2.27. The summed E-state index contributed by atoms with van der Waals surface area (Å²) >= 11 is 0. The molecular formula is C23H30N6O2. The molecule has 0 spiro atoms. The number of aryl methyl sites for hydroxylation is 2. The zero-order chi connectivity index (χ0) is 21.6. The van der Waals surface area contributed by atoms with Gasteiger partial charge < -0.3 is 15.0 Å². The highest BCUT2D eigenvalue weighted by molar-refractivity contribution is 5.83. The van der Waals surface area contributed by atoms with Gasteiger partial charge >= 0.3 is 0 Å². The van der Waals surface area contributed by atoms with E-state index in [1.54, 1.807) is 6.20 Å². The van der Waals surface area contributed by atoms with Crippen molar-refractivity contribution in [2.45, 2.75) is 39.7 Å². The summed E-state index contributed by atoms with van der Waals surface area (Å²) in [5, 5.41) is 8.27. The summed E-state index contributed by atoms with van der Waals surface area (Å²) in [7, 11) is 0. The molecule has 31 heavy (non-hydrogen) atoms. The molecule has 1 aliphatic heterocycles. The van der Waals surface area contributed by atoms with E-state index in [4.69, 9.17) is 14.7 Å². The van der Waals surface area contributed by atoms with Gasteiger partial charge in [-0.3, -0.25) is 9.48 Å². The van der Waals surface area contributed by atoms with Crippen molar-refractivity contribution in [3.63, 3.8) is 0 Å². The van der Waals surface area contributed by atoms with Crippen molar-refractivity contribution >= 4 is 22.8 Å². The number of carbonyl (C=O) groups is 1. The van der Waals surface area contributed by atoms with Crippen LogP contribution < -0.4 is 15.0 Å². The van der Waals surface area contributed by atoms with Crippen molar-refractivity contribution in [3.05, 3.63) is 42.4 Å². The number of fused-ring (bicyclic) bond motifs is 1. The first kappa shape index (κ1) is 21.1. The third-order valence-corrected chi connectivity index (χ3v) is 5.65. The maximum absolute atomic E-state index is 12.7. The topological polar surface area (TPSA) is 85.2 Å². The molecule has 0 aliphatic carbocycles. The Hall–Kier alpha value is -3.16. The van der Waals surface area contributed by atoms with Crippen LogP contribution in [0.5, 0.6) is 5.75 Å². The number of hydrogen-bond acceptors (Lipinski definition) is 6. The monoisotopic (exact) mass is 422 g/mol. The molecule has 1 atom stereocenters. The summed E-state index contributed by atoms with van der Waals surface area (Å²) in [5.74, 6) is 1.60. The van der Waals surface area contributed by atoms with Gasteiger partial charge in [-0.2, -0.15) is 5.10 Å². The fourth-order valence-corrected chi connectivity index (χ4v) is 4.05. The lowest BCUT2D eigenvalue weighted by atomic mass is 9.97. The second kappa shape index (κ2) is 9.76. The van der Waals surface area contributed by atoms with E-state index >= 15 is 0 Å². The lowest BCUT2D eigenvalue weighted by molar-refractivity contribution is -0.125. The van der Waals surface area contributed by atoms with E-state index in [0.717, 1.165) is 54.7 Å². The maximum atomic E-state index is 12.7. The van der Waals surface area contributed by atoms with E-state index in [-0.39, 0.29) is 11.8 Å². The molecular weight excluding hydrogens is 392 g/mol. The van der Waals surface area contributed by atoms with E-state index in [2.05, 4.69) is 15.3 Å². The molecule has 8 heteroatoms. The normalized spacial score (nSPS) is 16.5. The second-order valence-electron chi connectivity index (χ2n) is 7.92. The molecule has 2 aromatic heterocycles. The van der Waals surface area contributed by atoms with Crippen molar-refractivity contribution < 1.29 is 9.53 Å². The van der Waals surface area contributed by atoms with E-state index in [1.807, 2.05) is 49.0 Å². The Morgan fingerprint density at radius 2 is 2.23 bits per heavy atom. The fourth-order valence-electron chi connectivity index (χ4n) is 4.05. The molecule has 0 radical (unpaired) electrons. The first-order valence-corrected chi connectivity index (χ1v) is 11.1. The Bertz CT molecular complexity index is 1020. The average molecular weight is 423 g/mol. The van der Waals surface area contributed by atoms with Crippen LogP contribution in [0.1, 0.15) is 31.9 Å². The summed E-state index contributed by atoms with van der Waals surface area (Å²) in [6.45, 7) is 7.57. The molecule has 8 nitrogen and oxygen atoms in total. The van der Waals surface area contributed by atoms with Crippen molar-refractivity contribution in [2.24, 2.45) is 5.92 Å². The van der Waals surface area contributed by atoms with Gasteiger partial charge in [0, 0.05) is 44.0 Å². The summed E-state index contributed by atoms with van der Waals surface area (Å²) in [5.41, 5.74) is 1.82. The van der Waals surface area contributed by atoms with Crippen LogP contribution in [0, 0.1) is 12.8 Å². The number of amides is 1. The molecule has 1 saturated heterocycles. The Kier molecular flexibility index (Phi) is 6.64. The molecule has 4 rings (SSSR count). The minimum absolute atomic E-state index is 0.0432. The second-order valence-corrected chi connectivity index (χ2v) is 7.92. The van der Waals surface area contributed by atoms with Crippen LogP contribution in [0.15, 0.2) is 36.7 Å². The lowest BCUT2D eigenvalue weighted by Crippen LogP contribution is -2.44. The van der Waals surface area contributed by atoms with Gasteiger partial charge in [-0.05, 0) is 57.4 Å². The number of ether oxygens (including phenoxy) is 1. The molecule has 1 aliphatic rings. The number of aromatic nitrogens is 4. The maximum Gasteiger partial charge on any atom is 0.226 e. The van der Waals surface area contributed by atoms with Crippen molar-refractivity contribution in [1.82, 2.24) is 25.1 Å². The standard InChI is InChI=1S/C23H30N6O2/c1-3-31-19-8-9-21-20(15-19)17(2)26-23(27-21)28-12-4-7-18(16-28)22(30)24-10-5-13-29-14-6-11-25-29/h6,8-9,11,14-15,18H,3-5,7,10,12-13,16H2,1-2H3,(H,24,30)/t18-/m0/s1. The van der Waals surface area contributed by atoms with Gasteiger partial charge in [0.05, 0.1) is 23.7 Å². The molecule has 1 fully saturated rings. The summed E-state index contributed by atoms with van der Waals surface area (Å²) in [6, 6.07) is 7.82. The number of rotatable bonds is 8. The van der Waals surface area contributed by atoms with Crippen LogP contribution in [0.25, 0.3) is 10.9 Å². The molecule has 0 saturated carbocycles. The largest absolute Gasteiger partial charge is 0.494 e. The number of anilines is 1. The third kappa shape index (κ3) is 5.13. The molecule has 0 unspecified atom stereocenters. The number of hydrogen-bond donors (Lipinski definition) is 1. The van der Waals surface area contributed by atoms with Crippen LogP contribution in [-0.4, -0.2) is 51.9 Å². The van der Waals surface area contributed by atoms with E-state index in [9.17, 15) is 4.79 Å². The van der Waals surface area contributed by atoms with Crippen molar-refractivity contribution in [2.75, 3.05) is 31.1 Å². The lowest BCUT2D eigenvalue weighted by Gasteiger charge is -2.32. The van der Waals surface area contributed by atoms with Crippen LogP contribution in [0.3, 0.4) is 0 Å². The Labute approximate surface area is 182 Å². The van der Waals surface area contributed by atoms with Crippen LogP contribution in [-0.2, 0) is 11.3 Å². The zero-order valence-electron chi connectivity index (χ0n) is 18.3. The molecule has 3 heterocycles. The highest BCUT2D eigenvalue weighted by atomic mass is 16.5. The van der Waals surface area contributed by atoms with Crippen LogP contribution in [0.4, 0.5) is 5.95 Å². The van der Waals surface area contributed by atoms with Gasteiger partial charge in [-0.25, -0.2) is 9.97 Å². The van der Waals surface area contributed by atoms with E-state index < -0.39 is 0 Å². The number of piperidine rings is 1. The van der Waals surface area contributed by atoms with Crippen molar-refractivity contribution in [3.8, 4) is 5.75 Å². The first-order chi connectivity index (χ1) is 15.1. The number of carbonyl (C=O) groups excluding carboxylic acids is 1. The van der Waals surface area contributed by atoms with Crippen molar-refractivity contribution in [1.29, 1.82) is 0 Å². The molecule has 0 bridgehead atoms. The number of benzene rings is 1. The molecule has 1 amide bonds. The molecule has 3 aromatic rings. The smallest absolute Gasteiger partial charge is 0.226 e. The van der Waals surface area contributed by atoms with Gasteiger partial charge in [0.25, 0.3) is 0 Å². The minimum atomic E-state index is -0.0432. The van der Waals surface area contributed by atoms with E-state index in [1.165, 1.54) is 0 Å². The predicted molar refractivity (Wildman–Crippen MR) is 120 cm³/mol. The molecule has 1 aromatic carbocycles. The third-order valence-electron chi connectivity index (χ3n) is 5.65. The Balaban J connectivity index is 1.37. The average Bonchev–Trinajstić information content (AvgIpc) is 3.31. The SMILES string of the molecule is CCOc1ccc2nc(N3CCC[C@H](C(=O)NCCCn4cccn4)C3)nc(C)c2c1. The molecule has 1 N–H and O–H groups in total. The minimum Gasteiger partial charge on any atom is -0.494 e. The van der Waals surface area contributed by atoms with Gasteiger partial charge in [0.1, 0.15) is 5.75 Å². The predicted octanol–water partition coefficient (Wildman–Crippen LogP) is 2.96. The van der Waals surface area contributed by atoms with E-state index in [0.29, 0.717) is 25.6 Å². The summed E-state index contributed by atoms with van der Waals surface area (Å²) in [6.07, 6.45) is 6.41. The van der Waals surface area contributed by atoms with Gasteiger partial charge in [0.15, 0.2) is 0 Å². The highest BCUT2D eigenvalue weighted by Crippen LogP contribution is 2.26. The van der Waals surface area contributed by atoms with Gasteiger partial charge in [-0.1, -0.05) is 0 Å². The fraction of sp³-hybridized carbons (Fsp3) is 0.478. The number of nitrogens with zero attached hydrogens (tertiary/aromatic N) is 5. The Morgan fingerprint density at radius 3 is 3.03 bits per heavy atom. The zero-order valence-corrected chi connectivity index (χ0v) is 18.3.